The average Bonchev–Trinajstić information content (AvgIpc) is 2.35. The number of benzene rings is 1. The number of hydrogen-bond acceptors (Lipinski definition) is 2. The lowest BCUT2D eigenvalue weighted by Crippen LogP contribution is -2.17. The van der Waals surface area contributed by atoms with Crippen LogP contribution in [0, 0.1) is 17.2 Å². The fourth-order valence-electron chi connectivity index (χ4n) is 1.38. The minimum atomic E-state index is -0.345. The van der Waals surface area contributed by atoms with E-state index in [1.54, 1.807) is 6.21 Å². The number of halogens is 1. The minimum absolute atomic E-state index is 0.131. The Morgan fingerprint density at radius 3 is 2.62 bits per heavy atom. The second-order valence-corrected chi connectivity index (χ2v) is 3.89. The molecule has 1 aromatic rings. The Labute approximate surface area is 102 Å². The van der Waals surface area contributed by atoms with Crippen molar-refractivity contribution in [2.24, 2.45) is 10.9 Å². The van der Waals surface area contributed by atoms with Gasteiger partial charge in [-0.05, 0) is 12.0 Å². The van der Waals surface area contributed by atoms with Crippen molar-refractivity contribution in [2.75, 3.05) is 5.88 Å². The summed E-state index contributed by atoms with van der Waals surface area (Å²) in [4.78, 5) is 4.28. The monoisotopic (exact) mass is 234 g/mol. The molecule has 0 fully saturated rings. The Morgan fingerprint density at radius 2 is 2.12 bits per heavy atom. The highest BCUT2D eigenvalue weighted by Crippen LogP contribution is 2.13. The van der Waals surface area contributed by atoms with Gasteiger partial charge in [-0.2, -0.15) is 5.26 Å². The molecule has 0 heterocycles. The number of aliphatic imine (C=N–C) groups is 1. The molecule has 0 aromatic heterocycles. The first-order valence-electron chi connectivity index (χ1n) is 5.35. The van der Waals surface area contributed by atoms with Gasteiger partial charge >= 0.3 is 0 Å². The van der Waals surface area contributed by atoms with E-state index in [9.17, 15) is 0 Å². The number of alkyl halides is 1. The van der Waals surface area contributed by atoms with E-state index in [4.69, 9.17) is 16.9 Å². The smallest absolute Gasteiger partial charge is 0.140 e. The van der Waals surface area contributed by atoms with Crippen molar-refractivity contribution in [2.45, 2.75) is 19.4 Å². The Balaban J connectivity index is 2.71. The van der Waals surface area contributed by atoms with E-state index < -0.39 is 0 Å². The highest BCUT2D eigenvalue weighted by atomic mass is 35.5. The Morgan fingerprint density at radius 1 is 1.44 bits per heavy atom. The lowest BCUT2D eigenvalue weighted by atomic mass is 10.0. The fraction of sp³-hybridized carbons (Fsp3) is 0.385. The van der Waals surface area contributed by atoms with E-state index in [2.05, 4.69) is 11.1 Å². The van der Waals surface area contributed by atoms with Crippen molar-refractivity contribution in [3.63, 3.8) is 0 Å². The second-order valence-electron chi connectivity index (χ2n) is 3.59. The molecule has 0 aliphatic rings. The van der Waals surface area contributed by atoms with E-state index in [1.807, 2.05) is 37.3 Å². The van der Waals surface area contributed by atoms with Crippen molar-refractivity contribution >= 4 is 17.8 Å². The van der Waals surface area contributed by atoms with Crippen LogP contribution in [0.15, 0.2) is 35.3 Å². The van der Waals surface area contributed by atoms with Gasteiger partial charge in [-0.1, -0.05) is 37.3 Å². The Bertz CT molecular complexity index is 363. The van der Waals surface area contributed by atoms with E-state index >= 15 is 0 Å². The van der Waals surface area contributed by atoms with Crippen LogP contribution in [-0.2, 0) is 0 Å². The highest BCUT2D eigenvalue weighted by Gasteiger charge is 2.16. The van der Waals surface area contributed by atoms with Crippen LogP contribution in [0.1, 0.15) is 18.9 Å². The molecule has 0 aliphatic heterocycles. The van der Waals surface area contributed by atoms with E-state index in [1.165, 1.54) is 0 Å². The third-order valence-corrected chi connectivity index (χ3v) is 2.88. The maximum atomic E-state index is 9.01. The van der Waals surface area contributed by atoms with Crippen molar-refractivity contribution in [1.82, 2.24) is 0 Å². The van der Waals surface area contributed by atoms with E-state index in [0.29, 0.717) is 5.88 Å². The van der Waals surface area contributed by atoms with Gasteiger partial charge in [0.15, 0.2) is 0 Å². The van der Waals surface area contributed by atoms with Gasteiger partial charge in [0.25, 0.3) is 0 Å². The molecular weight excluding hydrogens is 220 g/mol. The van der Waals surface area contributed by atoms with Gasteiger partial charge in [0.1, 0.15) is 6.04 Å². The lowest BCUT2D eigenvalue weighted by molar-refractivity contribution is 0.519. The average molecular weight is 235 g/mol. The fourth-order valence-corrected chi connectivity index (χ4v) is 1.77. The largest absolute Gasteiger partial charge is 0.274 e. The number of nitrogens with zero attached hydrogens (tertiary/aromatic N) is 2. The van der Waals surface area contributed by atoms with Gasteiger partial charge in [0, 0.05) is 18.0 Å². The second kappa shape index (κ2) is 7.03. The number of rotatable bonds is 5. The molecule has 3 heteroatoms. The molecule has 1 rings (SSSR count). The molecular formula is C13H15ClN2. The summed E-state index contributed by atoms with van der Waals surface area (Å²) in [6.07, 6.45) is 2.61. The van der Waals surface area contributed by atoms with Crippen molar-refractivity contribution in [1.29, 1.82) is 5.26 Å². The topological polar surface area (TPSA) is 36.1 Å². The SMILES string of the molecule is CC[C@@H](CCl)C(C#N)N=Cc1ccccc1. The van der Waals surface area contributed by atoms with Gasteiger partial charge in [-0.15, -0.1) is 11.6 Å². The van der Waals surface area contributed by atoms with Crippen LogP contribution in [0.2, 0.25) is 0 Å². The number of nitriles is 1. The maximum Gasteiger partial charge on any atom is 0.140 e. The molecule has 1 aromatic carbocycles. The summed E-state index contributed by atoms with van der Waals surface area (Å²) in [7, 11) is 0. The quantitative estimate of drug-likeness (QED) is 0.569. The maximum absolute atomic E-state index is 9.01. The normalized spacial score (nSPS) is 14.6. The summed E-state index contributed by atoms with van der Waals surface area (Å²) in [5, 5.41) is 9.01. The zero-order chi connectivity index (χ0) is 11.8. The third-order valence-electron chi connectivity index (χ3n) is 2.49. The molecule has 0 spiro atoms. The first-order valence-corrected chi connectivity index (χ1v) is 5.89. The standard InChI is InChI=1S/C13H15ClN2/c1-2-12(8-14)13(9-15)16-10-11-6-4-3-5-7-11/h3-7,10,12-13H,2,8H2,1H3/t12-,13?/m0/s1. The van der Waals surface area contributed by atoms with Crippen molar-refractivity contribution < 1.29 is 0 Å². The minimum Gasteiger partial charge on any atom is -0.274 e. The molecule has 0 saturated heterocycles. The molecule has 16 heavy (non-hydrogen) atoms. The molecule has 1 unspecified atom stereocenters. The van der Waals surface area contributed by atoms with E-state index in [-0.39, 0.29) is 12.0 Å². The lowest BCUT2D eigenvalue weighted by Gasteiger charge is -2.13. The van der Waals surface area contributed by atoms with Crippen LogP contribution >= 0.6 is 11.6 Å². The van der Waals surface area contributed by atoms with Crippen LogP contribution in [-0.4, -0.2) is 18.1 Å². The zero-order valence-electron chi connectivity index (χ0n) is 9.31. The van der Waals surface area contributed by atoms with Gasteiger partial charge in [0.05, 0.1) is 6.07 Å². The van der Waals surface area contributed by atoms with Crippen LogP contribution in [0.4, 0.5) is 0 Å². The molecule has 0 radical (unpaired) electrons. The Kier molecular flexibility index (Phi) is 5.60. The molecule has 84 valence electrons. The highest BCUT2D eigenvalue weighted by molar-refractivity contribution is 6.18. The van der Waals surface area contributed by atoms with E-state index in [0.717, 1.165) is 12.0 Å². The third kappa shape index (κ3) is 3.67. The van der Waals surface area contributed by atoms with Crippen LogP contribution in [0.5, 0.6) is 0 Å². The first kappa shape index (κ1) is 12.7. The molecule has 0 aliphatic carbocycles. The van der Waals surface area contributed by atoms with Gasteiger partial charge in [-0.25, -0.2) is 0 Å². The molecule has 2 atom stereocenters. The molecule has 0 bridgehead atoms. The summed E-state index contributed by atoms with van der Waals surface area (Å²) in [5.41, 5.74) is 1.01. The van der Waals surface area contributed by atoms with Crippen molar-refractivity contribution in [3.8, 4) is 6.07 Å². The molecule has 2 nitrogen and oxygen atoms in total. The molecule has 0 amide bonds. The summed E-state index contributed by atoms with van der Waals surface area (Å²) in [5.74, 6) is 0.604. The first-order chi connectivity index (χ1) is 7.81. The van der Waals surface area contributed by atoms with Crippen LogP contribution in [0.25, 0.3) is 0 Å². The van der Waals surface area contributed by atoms with Gasteiger partial charge < -0.3 is 0 Å². The summed E-state index contributed by atoms with van der Waals surface area (Å²) >= 11 is 5.80. The zero-order valence-corrected chi connectivity index (χ0v) is 10.1. The molecule has 0 N–H and O–H groups in total. The molecule has 0 saturated carbocycles. The van der Waals surface area contributed by atoms with Crippen molar-refractivity contribution in [3.05, 3.63) is 35.9 Å². The predicted molar refractivity (Wildman–Crippen MR) is 67.9 cm³/mol. The van der Waals surface area contributed by atoms with Crippen LogP contribution < -0.4 is 0 Å². The van der Waals surface area contributed by atoms with Crippen LogP contribution in [0.3, 0.4) is 0 Å². The summed E-state index contributed by atoms with van der Waals surface area (Å²) in [6, 6.07) is 11.6. The Hall–Kier alpha value is -1.33. The van der Waals surface area contributed by atoms with Gasteiger partial charge in [0.2, 0.25) is 0 Å². The summed E-state index contributed by atoms with van der Waals surface area (Å²) in [6.45, 7) is 2.02. The predicted octanol–water partition coefficient (Wildman–Crippen LogP) is 3.26. The summed E-state index contributed by atoms with van der Waals surface area (Å²) < 4.78 is 0. The van der Waals surface area contributed by atoms with Gasteiger partial charge in [-0.3, -0.25) is 4.99 Å². The number of hydrogen-bond donors (Lipinski definition) is 0.